The molecule has 0 bridgehead atoms. The second-order valence-corrected chi connectivity index (χ2v) is 4.81. The quantitative estimate of drug-likeness (QED) is 0.669. The number of carbonyl (C=O) groups is 1. The van der Waals surface area contributed by atoms with E-state index in [2.05, 4.69) is 11.9 Å². The predicted molar refractivity (Wildman–Crippen MR) is 57.6 cm³/mol. The van der Waals surface area contributed by atoms with Crippen molar-refractivity contribution in [3.8, 4) is 0 Å². The number of nitrogens with zero attached hydrogens (tertiary/aromatic N) is 2. The maximum atomic E-state index is 12.2. The Hall–Kier alpha value is -0.610. The fraction of sp³-hybridized carbons (Fsp3) is 0.909. The minimum Gasteiger partial charge on any atom is -0.384 e. The van der Waals surface area contributed by atoms with Crippen molar-refractivity contribution in [1.82, 2.24) is 9.80 Å². The first-order valence-corrected chi connectivity index (χ1v) is 5.65. The van der Waals surface area contributed by atoms with Crippen LogP contribution in [0, 0.1) is 5.41 Å². The van der Waals surface area contributed by atoms with E-state index in [9.17, 15) is 4.79 Å². The number of likely N-dealkylation sites (N-methyl/N-ethyl adjacent to an activating group) is 1. The number of piperazine rings is 1. The molecule has 1 saturated carbocycles. The lowest BCUT2D eigenvalue weighted by atomic mass is 10.1. The highest BCUT2D eigenvalue weighted by Gasteiger charge is 2.51. The van der Waals surface area contributed by atoms with E-state index >= 15 is 0 Å². The molecule has 0 aromatic carbocycles. The van der Waals surface area contributed by atoms with Crippen LogP contribution in [-0.2, 0) is 9.53 Å². The van der Waals surface area contributed by atoms with Gasteiger partial charge in [0.15, 0.2) is 0 Å². The third kappa shape index (κ3) is 2.16. The summed E-state index contributed by atoms with van der Waals surface area (Å²) >= 11 is 0. The Labute approximate surface area is 91.2 Å². The van der Waals surface area contributed by atoms with Crippen LogP contribution in [0.15, 0.2) is 0 Å². The van der Waals surface area contributed by atoms with E-state index in [0.29, 0.717) is 12.5 Å². The van der Waals surface area contributed by atoms with Crippen LogP contribution < -0.4 is 0 Å². The SMILES string of the molecule is COCC1(C(=O)N2CCN(C)CC2)CC1. The van der Waals surface area contributed by atoms with E-state index in [1.54, 1.807) is 7.11 Å². The van der Waals surface area contributed by atoms with Gasteiger partial charge in [0.05, 0.1) is 12.0 Å². The molecule has 0 spiro atoms. The Bertz CT molecular complexity index is 243. The summed E-state index contributed by atoms with van der Waals surface area (Å²) in [6.45, 7) is 4.34. The Balaban J connectivity index is 1.91. The number of hydrogen-bond acceptors (Lipinski definition) is 3. The number of carbonyl (C=O) groups excluding carboxylic acids is 1. The first kappa shape index (κ1) is 10.9. The highest BCUT2D eigenvalue weighted by molar-refractivity contribution is 5.85. The van der Waals surface area contributed by atoms with Crippen molar-refractivity contribution in [3.05, 3.63) is 0 Å². The van der Waals surface area contributed by atoms with Crippen LogP contribution in [0.4, 0.5) is 0 Å². The van der Waals surface area contributed by atoms with Crippen LogP contribution in [0.1, 0.15) is 12.8 Å². The van der Waals surface area contributed by atoms with Crippen LogP contribution in [0.2, 0.25) is 0 Å². The molecule has 0 N–H and O–H groups in total. The lowest BCUT2D eigenvalue weighted by Gasteiger charge is -2.34. The van der Waals surface area contributed by atoms with E-state index in [-0.39, 0.29) is 5.41 Å². The van der Waals surface area contributed by atoms with Gasteiger partial charge in [-0.25, -0.2) is 0 Å². The number of ether oxygens (including phenoxy) is 1. The fourth-order valence-corrected chi connectivity index (χ4v) is 2.19. The summed E-state index contributed by atoms with van der Waals surface area (Å²) in [4.78, 5) is 16.5. The van der Waals surface area contributed by atoms with Crippen molar-refractivity contribution in [1.29, 1.82) is 0 Å². The summed E-state index contributed by atoms with van der Waals surface area (Å²) in [6, 6.07) is 0. The lowest BCUT2D eigenvalue weighted by molar-refractivity contribution is -0.140. The summed E-state index contributed by atoms with van der Waals surface area (Å²) in [6.07, 6.45) is 2.01. The Morgan fingerprint density at radius 2 is 1.87 bits per heavy atom. The maximum absolute atomic E-state index is 12.2. The van der Waals surface area contributed by atoms with Gasteiger partial charge in [-0.05, 0) is 19.9 Å². The average molecular weight is 212 g/mol. The van der Waals surface area contributed by atoms with Crippen molar-refractivity contribution in [2.24, 2.45) is 5.41 Å². The molecule has 1 heterocycles. The van der Waals surface area contributed by atoms with E-state index in [1.165, 1.54) is 0 Å². The molecule has 0 atom stereocenters. The molecule has 2 aliphatic rings. The highest BCUT2D eigenvalue weighted by atomic mass is 16.5. The third-order valence-corrected chi connectivity index (χ3v) is 3.52. The molecule has 1 saturated heterocycles. The lowest BCUT2D eigenvalue weighted by Crippen LogP contribution is -2.50. The first-order chi connectivity index (χ1) is 7.18. The molecule has 4 heteroatoms. The zero-order valence-electron chi connectivity index (χ0n) is 9.66. The Morgan fingerprint density at radius 1 is 1.27 bits per heavy atom. The van der Waals surface area contributed by atoms with Crippen molar-refractivity contribution in [2.75, 3.05) is 46.9 Å². The summed E-state index contributed by atoms with van der Waals surface area (Å²) in [5, 5.41) is 0. The second-order valence-electron chi connectivity index (χ2n) is 4.81. The molecule has 2 rings (SSSR count). The van der Waals surface area contributed by atoms with Crippen LogP contribution in [0.5, 0.6) is 0 Å². The van der Waals surface area contributed by atoms with Gasteiger partial charge in [-0.2, -0.15) is 0 Å². The summed E-state index contributed by atoms with van der Waals surface area (Å²) in [5.74, 6) is 0.317. The fourth-order valence-electron chi connectivity index (χ4n) is 2.19. The molecule has 0 aromatic heterocycles. The zero-order chi connectivity index (χ0) is 10.9. The second kappa shape index (κ2) is 4.10. The van der Waals surface area contributed by atoms with Crippen molar-refractivity contribution in [3.63, 3.8) is 0 Å². The van der Waals surface area contributed by atoms with Gasteiger partial charge in [0.1, 0.15) is 0 Å². The van der Waals surface area contributed by atoms with Gasteiger partial charge in [0.2, 0.25) is 5.91 Å². The summed E-state index contributed by atoms with van der Waals surface area (Å²) in [5.41, 5.74) is -0.148. The topological polar surface area (TPSA) is 32.8 Å². The van der Waals surface area contributed by atoms with Gasteiger partial charge in [0.25, 0.3) is 0 Å². The van der Waals surface area contributed by atoms with E-state index in [0.717, 1.165) is 39.0 Å². The predicted octanol–water partition coefficient (Wildman–Crippen LogP) is 0.187. The number of methoxy groups -OCH3 is 1. The van der Waals surface area contributed by atoms with E-state index < -0.39 is 0 Å². The normalized spacial score (nSPS) is 25.3. The standard InChI is InChI=1S/C11H20N2O2/c1-12-5-7-13(8-6-12)10(14)11(3-4-11)9-15-2/h3-9H2,1-2H3. The number of rotatable bonds is 3. The van der Waals surface area contributed by atoms with Gasteiger partial charge in [-0.3, -0.25) is 4.79 Å². The largest absolute Gasteiger partial charge is 0.384 e. The van der Waals surface area contributed by atoms with Gasteiger partial charge < -0.3 is 14.5 Å². The third-order valence-electron chi connectivity index (χ3n) is 3.52. The van der Waals surface area contributed by atoms with Crippen LogP contribution in [0.25, 0.3) is 0 Å². The summed E-state index contributed by atoms with van der Waals surface area (Å²) in [7, 11) is 3.78. The number of amides is 1. The van der Waals surface area contributed by atoms with Gasteiger partial charge >= 0.3 is 0 Å². The molecule has 4 nitrogen and oxygen atoms in total. The average Bonchev–Trinajstić information content (AvgIpc) is 3.00. The molecule has 0 unspecified atom stereocenters. The summed E-state index contributed by atoms with van der Waals surface area (Å²) < 4.78 is 5.14. The van der Waals surface area contributed by atoms with E-state index in [1.807, 2.05) is 4.90 Å². The molecular formula is C11H20N2O2. The number of hydrogen-bond donors (Lipinski definition) is 0. The molecule has 1 aliphatic carbocycles. The smallest absolute Gasteiger partial charge is 0.231 e. The Morgan fingerprint density at radius 3 is 2.33 bits per heavy atom. The van der Waals surface area contributed by atoms with Crippen LogP contribution >= 0.6 is 0 Å². The maximum Gasteiger partial charge on any atom is 0.231 e. The van der Waals surface area contributed by atoms with Gasteiger partial charge in [-0.1, -0.05) is 0 Å². The molecule has 1 amide bonds. The highest BCUT2D eigenvalue weighted by Crippen LogP contribution is 2.47. The molecule has 0 aromatic rings. The molecule has 0 radical (unpaired) electrons. The minimum absolute atomic E-state index is 0.148. The molecule has 86 valence electrons. The molecule has 1 aliphatic heterocycles. The van der Waals surface area contributed by atoms with Crippen molar-refractivity contribution < 1.29 is 9.53 Å². The molecule has 15 heavy (non-hydrogen) atoms. The van der Waals surface area contributed by atoms with Crippen molar-refractivity contribution >= 4 is 5.91 Å². The van der Waals surface area contributed by atoms with Crippen molar-refractivity contribution in [2.45, 2.75) is 12.8 Å². The monoisotopic (exact) mass is 212 g/mol. The molecule has 2 fully saturated rings. The Kier molecular flexibility index (Phi) is 2.98. The first-order valence-electron chi connectivity index (χ1n) is 5.65. The van der Waals surface area contributed by atoms with Crippen LogP contribution in [-0.4, -0.2) is 62.7 Å². The van der Waals surface area contributed by atoms with Gasteiger partial charge in [0, 0.05) is 33.3 Å². The zero-order valence-corrected chi connectivity index (χ0v) is 9.66. The van der Waals surface area contributed by atoms with Crippen LogP contribution in [0.3, 0.4) is 0 Å². The van der Waals surface area contributed by atoms with Gasteiger partial charge in [-0.15, -0.1) is 0 Å². The van der Waals surface area contributed by atoms with E-state index in [4.69, 9.17) is 4.74 Å². The minimum atomic E-state index is -0.148. The molecular weight excluding hydrogens is 192 g/mol.